The second-order valence-electron chi connectivity index (χ2n) is 7.80. The number of rotatable bonds is 6. The summed E-state index contributed by atoms with van der Waals surface area (Å²) < 4.78 is 1.73. The van der Waals surface area contributed by atoms with Crippen molar-refractivity contribution in [2.24, 2.45) is 0 Å². The van der Waals surface area contributed by atoms with Crippen molar-refractivity contribution in [2.45, 2.75) is 13.5 Å². The number of carbonyl (C=O) groups excluding carboxylic acids is 1. The third-order valence-electron chi connectivity index (χ3n) is 5.05. The van der Waals surface area contributed by atoms with Gasteiger partial charge in [-0.1, -0.05) is 30.3 Å². The monoisotopic (exact) mass is 414 g/mol. The highest BCUT2D eigenvalue weighted by Gasteiger charge is 2.17. The molecule has 0 bridgehead atoms. The highest BCUT2D eigenvalue weighted by molar-refractivity contribution is 6.04. The first-order valence-corrected chi connectivity index (χ1v) is 10.1. The Morgan fingerprint density at radius 2 is 1.74 bits per heavy atom. The zero-order valence-corrected chi connectivity index (χ0v) is 18.2. The van der Waals surface area contributed by atoms with Gasteiger partial charge in [0.2, 0.25) is 0 Å². The van der Waals surface area contributed by atoms with E-state index in [4.69, 9.17) is 4.98 Å². The first kappa shape index (κ1) is 20.4. The Kier molecular flexibility index (Phi) is 5.58. The van der Waals surface area contributed by atoms with E-state index in [9.17, 15) is 4.79 Å². The van der Waals surface area contributed by atoms with Gasteiger partial charge in [0.05, 0.1) is 11.9 Å². The lowest BCUT2D eigenvalue weighted by atomic mass is 10.2. The van der Waals surface area contributed by atoms with Crippen molar-refractivity contribution >= 4 is 28.6 Å². The number of aromatic nitrogens is 3. The molecular formula is C24H26N6O. The molecule has 0 unspecified atom stereocenters. The van der Waals surface area contributed by atoms with Gasteiger partial charge in [0.25, 0.3) is 5.91 Å². The van der Waals surface area contributed by atoms with Gasteiger partial charge in [-0.3, -0.25) is 4.79 Å². The third-order valence-corrected chi connectivity index (χ3v) is 5.05. The van der Waals surface area contributed by atoms with Gasteiger partial charge < -0.3 is 15.1 Å². The smallest absolute Gasteiger partial charge is 0.276 e. The normalized spacial score (nSPS) is 10.8. The molecule has 4 rings (SSSR count). The number of anilines is 3. The Balaban J connectivity index is 1.59. The molecule has 2 aromatic carbocycles. The number of aryl methyl sites for hydroxylation is 1. The van der Waals surface area contributed by atoms with Gasteiger partial charge in [-0.05, 0) is 36.8 Å². The van der Waals surface area contributed by atoms with Crippen LogP contribution in [0.4, 0.5) is 17.2 Å². The summed E-state index contributed by atoms with van der Waals surface area (Å²) in [4.78, 5) is 21.6. The Morgan fingerprint density at radius 1 is 1.03 bits per heavy atom. The van der Waals surface area contributed by atoms with E-state index in [0.29, 0.717) is 12.2 Å². The fourth-order valence-electron chi connectivity index (χ4n) is 3.45. The van der Waals surface area contributed by atoms with Crippen molar-refractivity contribution in [2.75, 3.05) is 36.3 Å². The first-order valence-electron chi connectivity index (χ1n) is 10.1. The number of fused-ring (bicyclic) bond motifs is 1. The Bertz CT molecular complexity index is 1200. The van der Waals surface area contributed by atoms with Crippen LogP contribution in [0, 0.1) is 6.92 Å². The molecule has 0 aliphatic heterocycles. The van der Waals surface area contributed by atoms with E-state index in [-0.39, 0.29) is 5.91 Å². The molecule has 0 aliphatic carbocycles. The van der Waals surface area contributed by atoms with Crippen molar-refractivity contribution in [3.05, 3.63) is 83.8 Å². The molecular weight excluding hydrogens is 388 g/mol. The second kappa shape index (κ2) is 8.47. The number of hydrogen-bond acceptors (Lipinski definition) is 5. The average molecular weight is 415 g/mol. The lowest BCUT2D eigenvalue weighted by Crippen LogP contribution is -2.19. The van der Waals surface area contributed by atoms with Gasteiger partial charge in [-0.2, -0.15) is 5.10 Å². The zero-order valence-electron chi connectivity index (χ0n) is 18.2. The van der Waals surface area contributed by atoms with Crippen molar-refractivity contribution < 1.29 is 4.79 Å². The molecule has 31 heavy (non-hydrogen) atoms. The quantitative estimate of drug-likeness (QED) is 0.517. The van der Waals surface area contributed by atoms with Crippen LogP contribution >= 0.6 is 0 Å². The Morgan fingerprint density at radius 3 is 2.42 bits per heavy atom. The maximum Gasteiger partial charge on any atom is 0.276 e. The summed E-state index contributed by atoms with van der Waals surface area (Å²) in [5.74, 6) is 0.529. The summed E-state index contributed by atoms with van der Waals surface area (Å²) in [5.41, 5.74) is 4.94. The van der Waals surface area contributed by atoms with E-state index in [1.165, 1.54) is 5.56 Å². The van der Waals surface area contributed by atoms with Crippen LogP contribution in [0.2, 0.25) is 0 Å². The molecule has 0 radical (unpaired) electrons. The summed E-state index contributed by atoms with van der Waals surface area (Å²) in [7, 11) is 5.95. The molecule has 1 amide bonds. The molecule has 0 saturated heterocycles. The predicted octanol–water partition coefficient (Wildman–Crippen LogP) is 3.99. The summed E-state index contributed by atoms with van der Waals surface area (Å²) in [6.07, 6.45) is 1.83. The molecule has 1 N–H and O–H groups in total. The highest BCUT2D eigenvalue weighted by atomic mass is 16.1. The van der Waals surface area contributed by atoms with Crippen molar-refractivity contribution in [3.63, 3.8) is 0 Å². The number of amides is 1. The highest BCUT2D eigenvalue weighted by Crippen LogP contribution is 2.23. The number of benzene rings is 2. The van der Waals surface area contributed by atoms with Crippen LogP contribution in [0.5, 0.6) is 0 Å². The lowest BCUT2D eigenvalue weighted by Gasteiger charge is -2.19. The molecule has 0 spiro atoms. The standard InChI is InChI=1S/C24H26N6O/c1-17-15-30-22(23(25-17)29(4)16-18-8-6-5-7-9-18)14-21(27-30)24(31)26-19-10-12-20(13-11-19)28(2)3/h5-15H,16H2,1-4H3,(H,26,31). The molecule has 2 heterocycles. The molecule has 4 aromatic rings. The minimum atomic E-state index is -0.254. The molecule has 2 aromatic heterocycles. The summed E-state index contributed by atoms with van der Waals surface area (Å²) >= 11 is 0. The summed E-state index contributed by atoms with van der Waals surface area (Å²) in [5, 5.41) is 7.42. The van der Waals surface area contributed by atoms with Gasteiger partial charge in [0.15, 0.2) is 11.5 Å². The molecule has 158 valence electrons. The van der Waals surface area contributed by atoms with E-state index in [2.05, 4.69) is 27.4 Å². The maximum absolute atomic E-state index is 12.8. The average Bonchev–Trinajstić information content (AvgIpc) is 3.18. The van der Waals surface area contributed by atoms with Gasteiger partial charge >= 0.3 is 0 Å². The third kappa shape index (κ3) is 4.50. The van der Waals surface area contributed by atoms with Gasteiger partial charge in [-0.15, -0.1) is 0 Å². The number of nitrogens with zero attached hydrogens (tertiary/aromatic N) is 5. The number of hydrogen-bond donors (Lipinski definition) is 1. The van der Waals surface area contributed by atoms with Crippen LogP contribution in [-0.4, -0.2) is 41.6 Å². The summed E-state index contributed by atoms with van der Waals surface area (Å²) in [6, 6.07) is 19.7. The van der Waals surface area contributed by atoms with E-state index < -0.39 is 0 Å². The minimum absolute atomic E-state index is 0.254. The van der Waals surface area contributed by atoms with E-state index in [1.54, 1.807) is 10.6 Å². The lowest BCUT2D eigenvalue weighted by molar-refractivity contribution is 0.102. The van der Waals surface area contributed by atoms with Crippen LogP contribution in [0.15, 0.2) is 66.9 Å². The number of nitrogens with one attached hydrogen (secondary N) is 1. The van der Waals surface area contributed by atoms with Crippen molar-refractivity contribution in [1.29, 1.82) is 0 Å². The molecule has 0 aliphatic rings. The SMILES string of the molecule is Cc1cn2nc(C(=O)Nc3ccc(N(C)C)cc3)cc2c(N(C)Cc2ccccc2)n1. The molecule has 7 heteroatoms. The maximum atomic E-state index is 12.8. The largest absolute Gasteiger partial charge is 0.378 e. The Labute approximate surface area is 181 Å². The Hall–Kier alpha value is -3.87. The number of carbonyl (C=O) groups is 1. The van der Waals surface area contributed by atoms with Crippen LogP contribution in [0.3, 0.4) is 0 Å². The van der Waals surface area contributed by atoms with Crippen molar-refractivity contribution in [3.8, 4) is 0 Å². The van der Waals surface area contributed by atoms with Crippen molar-refractivity contribution in [1.82, 2.24) is 14.6 Å². The minimum Gasteiger partial charge on any atom is -0.378 e. The summed E-state index contributed by atoms with van der Waals surface area (Å²) in [6.45, 7) is 2.63. The van der Waals surface area contributed by atoms with Crippen LogP contribution < -0.4 is 15.1 Å². The second-order valence-corrected chi connectivity index (χ2v) is 7.80. The van der Waals surface area contributed by atoms with Crippen LogP contribution in [0.25, 0.3) is 5.52 Å². The van der Waals surface area contributed by atoms with Gasteiger partial charge in [-0.25, -0.2) is 9.50 Å². The van der Waals surface area contributed by atoms with E-state index in [1.807, 2.05) is 81.6 Å². The first-order chi connectivity index (χ1) is 14.9. The van der Waals surface area contributed by atoms with Gasteiger partial charge in [0.1, 0.15) is 5.52 Å². The molecule has 0 saturated carbocycles. The molecule has 0 atom stereocenters. The molecule has 7 nitrogen and oxygen atoms in total. The molecule has 0 fully saturated rings. The fourth-order valence-corrected chi connectivity index (χ4v) is 3.45. The van der Waals surface area contributed by atoms with Gasteiger partial charge in [0, 0.05) is 45.1 Å². The van der Waals surface area contributed by atoms with Crippen LogP contribution in [0.1, 0.15) is 21.7 Å². The van der Waals surface area contributed by atoms with Crippen LogP contribution in [-0.2, 0) is 6.54 Å². The zero-order chi connectivity index (χ0) is 22.0. The fraction of sp³-hybridized carbons (Fsp3) is 0.208. The topological polar surface area (TPSA) is 65.8 Å². The van der Waals surface area contributed by atoms with E-state index >= 15 is 0 Å². The predicted molar refractivity (Wildman–Crippen MR) is 125 cm³/mol. The van der Waals surface area contributed by atoms with E-state index in [0.717, 1.165) is 28.4 Å².